The molecule has 2 atom stereocenters. The van der Waals surface area contributed by atoms with Crippen LogP contribution in [0.1, 0.15) is 50.0 Å². The first-order chi connectivity index (χ1) is 10.6. The Hall–Kier alpha value is -1.87. The number of carboxylic acids is 1. The van der Waals surface area contributed by atoms with E-state index >= 15 is 0 Å². The first-order valence-electron chi connectivity index (χ1n) is 8.02. The first kappa shape index (κ1) is 15.0. The van der Waals surface area contributed by atoms with Gasteiger partial charge in [-0.2, -0.15) is 0 Å². The molecule has 0 heterocycles. The Bertz CT molecular complexity index is 674. The predicted octanol–water partition coefficient (Wildman–Crippen LogP) is 4.09. The highest BCUT2D eigenvalue weighted by Gasteiger charge is 2.40. The van der Waals surface area contributed by atoms with Gasteiger partial charge in [0, 0.05) is 5.92 Å². The highest BCUT2D eigenvalue weighted by Crippen LogP contribution is 2.43. The number of hydrogen-bond acceptors (Lipinski definition) is 2. The van der Waals surface area contributed by atoms with Crippen LogP contribution in [0.2, 0.25) is 0 Å². The topological polar surface area (TPSA) is 57.5 Å². The van der Waals surface area contributed by atoms with Gasteiger partial charge in [-0.15, -0.1) is 0 Å². The minimum Gasteiger partial charge on any atom is -0.481 e. The molecule has 22 heavy (non-hydrogen) atoms. The zero-order valence-corrected chi connectivity index (χ0v) is 12.7. The van der Waals surface area contributed by atoms with Gasteiger partial charge in [-0.05, 0) is 29.2 Å². The Labute approximate surface area is 130 Å². The molecule has 0 aromatic heterocycles. The average molecular weight is 298 g/mol. The van der Waals surface area contributed by atoms with Crippen LogP contribution < -0.4 is 0 Å². The van der Waals surface area contributed by atoms with Crippen LogP contribution in [-0.2, 0) is 4.79 Å². The standard InChI is InChI=1S/C19H22O3/c20-18(21)13-19(22)12-5-1-2-11-17(19)16-10-6-8-14-7-3-4-9-15(14)16/h3-4,6-10,17,22H,1-2,5,11-13H2,(H,20,21). The number of benzene rings is 2. The molecule has 0 amide bonds. The van der Waals surface area contributed by atoms with Gasteiger partial charge in [0.2, 0.25) is 0 Å². The maximum atomic E-state index is 11.3. The van der Waals surface area contributed by atoms with E-state index in [-0.39, 0.29) is 12.3 Å². The van der Waals surface area contributed by atoms with Gasteiger partial charge in [-0.1, -0.05) is 61.7 Å². The maximum absolute atomic E-state index is 11.3. The van der Waals surface area contributed by atoms with Gasteiger partial charge in [0.05, 0.1) is 12.0 Å². The Morgan fingerprint density at radius 1 is 1.09 bits per heavy atom. The van der Waals surface area contributed by atoms with E-state index in [1.54, 1.807) is 0 Å². The van der Waals surface area contributed by atoms with E-state index < -0.39 is 11.6 Å². The van der Waals surface area contributed by atoms with Crippen molar-refractivity contribution in [1.82, 2.24) is 0 Å². The van der Waals surface area contributed by atoms with Crippen molar-refractivity contribution in [3.63, 3.8) is 0 Å². The molecule has 1 aliphatic rings. The Balaban J connectivity index is 2.10. The van der Waals surface area contributed by atoms with E-state index in [1.807, 2.05) is 24.3 Å². The van der Waals surface area contributed by atoms with Gasteiger partial charge >= 0.3 is 5.97 Å². The summed E-state index contributed by atoms with van der Waals surface area (Å²) in [4.78, 5) is 11.3. The Morgan fingerprint density at radius 3 is 2.68 bits per heavy atom. The molecule has 3 rings (SSSR count). The molecule has 116 valence electrons. The predicted molar refractivity (Wildman–Crippen MR) is 87.0 cm³/mol. The van der Waals surface area contributed by atoms with Gasteiger partial charge < -0.3 is 10.2 Å². The summed E-state index contributed by atoms with van der Waals surface area (Å²) in [5, 5.41) is 22.6. The van der Waals surface area contributed by atoms with Crippen LogP contribution in [0.5, 0.6) is 0 Å². The van der Waals surface area contributed by atoms with Gasteiger partial charge in [0.25, 0.3) is 0 Å². The van der Waals surface area contributed by atoms with Crippen LogP contribution in [-0.4, -0.2) is 21.8 Å². The molecule has 3 nitrogen and oxygen atoms in total. The summed E-state index contributed by atoms with van der Waals surface area (Å²) < 4.78 is 0. The molecule has 0 bridgehead atoms. The second kappa shape index (κ2) is 6.09. The zero-order valence-electron chi connectivity index (χ0n) is 12.7. The highest BCUT2D eigenvalue weighted by atomic mass is 16.4. The fraction of sp³-hybridized carbons (Fsp3) is 0.421. The van der Waals surface area contributed by atoms with Crippen molar-refractivity contribution >= 4 is 16.7 Å². The molecular formula is C19H22O3. The molecule has 2 unspecified atom stereocenters. The van der Waals surface area contributed by atoms with Gasteiger partial charge in [-0.3, -0.25) is 4.79 Å². The number of aliphatic hydroxyl groups is 1. The molecule has 0 radical (unpaired) electrons. The Kier molecular flexibility index (Phi) is 4.16. The van der Waals surface area contributed by atoms with Crippen molar-refractivity contribution in [3.05, 3.63) is 48.0 Å². The van der Waals surface area contributed by atoms with E-state index in [0.717, 1.165) is 42.0 Å². The molecule has 1 aliphatic carbocycles. The molecule has 2 aromatic carbocycles. The molecular weight excluding hydrogens is 276 g/mol. The van der Waals surface area contributed by atoms with E-state index in [9.17, 15) is 15.0 Å². The van der Waals surface area contributed by atoms with Crippen LogP contribution in [0, 0.1) is 0 Å². The summed E-state index contributed by atoms with van der Waals surface area (Å²) in [6.45, 7) is 0. The summed E-state index contributed by atoms with van der Waals surface area (Å²) in [6.07, 6.45) is 4.22. The third kappa shape index (κ3) is 2.86. The minimum atomic E-state index is -1.15. The minimum absolute atomic E-state index is 0.114. The summed E-state index contributed by atoms with van der Waals surface area (Å²) in [5.74, 6) is -1.04. The van der Waals surface area contributed by atoms with Gasteiger partial charge in [-0.25, -0.2) is 0 Å². The largest absolute Gasteiger partial charge is 0.481 e. The molecule has 2 aromatic rings. The molecule has 1 fully saturated rings. The van der Waals surface area contributed by atoms with Crippen molar-refractivity contribution < 1.29 is 15.0 Å². The summed E-state index contributed by atoms with van der Waals surface area (Å²) >= 11 is 0. The van der Waals surface area contributed by atoms with Crippen molar-refractivity contribution in [1.29, 1.82) is 0 Å². The molecule has 3 heteroatoms. The summed E-state index contributed by atoms with van der Waals surface area (Å²) in [6, 6.07) is 14.2. The lowest BCUT2D eigenvalue weighted by Gasteiger charge is -2.35. The quantitative estimate of drug-likeness (QED) is 0.839. The number of rotatable bonds is 3. The number of carboxylic acid groups (broad SMARTS) is 1. The van der Waals surface area contributed by atoms with Gasteiger partial charge in [0.1, 0.15) is 0 Å². The van der Waals surface area contributed by atoms with E-state index in [0.29, 0.717) is 6.42 Å². The molecule has 1 saturated carbocycles. The van der Waals surface area contributed by atoms with Gasteiger partial charge in [0.15, 0.2) is 0 Å². The second-order valence-electron chi connectivity index (χ2n) is 6.39. The summed E-state index contributed by atoms with van der Waals surface area (Å²) in [5.41, 5.74) is -0.0596. The SMILES string of the molecule is O=C(O)CC1(O)CCCCCC1c1cccc2ccccc12. The third-order valence-electron chi connectivity index (χ3n) is 4.91. The van der Waals surface area contributed by atoms with Crippen LogP contribution in [0.3, 0.4) is 0 Å². The van der Waals surface area contributed by atoms with E-state index in [1.165, 1.54) is 0 Å². The lowest BCUT2D eigenvalue weighted by Crippen LogP contribution is -2.38. The number of carbonyl (C=O) groups is 1. The lowest BCUT2D eigenvalue weighted by atomic mass is 9.75. The number of aliphatic carboxylic acids is 1. The van der Waals surface area contributed by atoms with Crippen molar-refractivity contribution in [2.45, 2.75) is 50.0 Å². The smallest absolute Gasteiger partial charge is 0.306 e. The summed E-state index contributed by atoms with van der Waals surface area (Å²) in [7, 11) is 0. The lowest BCUT2D eigenvalue weighted by molar-refractivity contribution is -0.143. The van der Waals surface area contributed by atoms with E-state index in [4.69, 9.17) is 0 Å². The van der Waals surface area contributed by atoms with E-state index in [2.05, 4.69) is 18.2 Å². The molecule has 0 spiro atoms. The monoisotopic (exact) mass is 298 g/mol. The fourth-order valence-corrected chi connectivity index (χ4v) is 3.87. The zero-order chi connectivity index (χ0) is 15.6. The third-order valence-corrected chi connectivity index (χ3v) is 4.91. The second-order valence-corrected chi connectivity index (χ2v) is 6.39. The highest BCUT2D eigenvalue weighted by molar-refractivity contribution is 5.86. The van der Waals surface area contributed by atoms with Crippen molar-refractivity contribution in [2.24, 2.45) is 0 Å². The van der Waals surface area contributed by atoms with Crippen LogP contribution in [0.4, 0.5) is 0 Å². The van der Waals surface area contributed by atoms with Crippen LogP contribution in [0.15, 0.2) is 42.5 Å². The fourth-order valence-electron chi connectivity index (χ4n) is 3.87. The van der Waals surface area contributed by atoms with Crippen molar-refractivity contribution in [2.75, 3.05) is 0 Å². The molecule has 0 aliphatic heterocycles. The first-order valence-corrected chi connectivity index (χ1v) is 8.02. The average Bonchev–Trinajstić information content (AvgIpc) is 2.67. The van der Waals surface area contributed by atoms with Crippen LogP contribution in [0.25, 0.3) is 10.8 Å². The van der Waals surface area contributed by atoms with Crippen molar-refractivity contribution in [3.8, 4) is 0 Å². The molecule has 2 N–H and O–H groups in total. The Morgan fingerprint density at radius 2 is 1.86 bits per heavy atom. The normalized spacial score (nSPS) is 25.8. The maximum Gasteiger partial charge on any atom is 0.306 e. The van der Waals surface area contributed by atoms with Crippen LogP contribution >= 0.6 is 0 Å². The number of fused-ring (bicyclic) bond motifs is 1. The number of hydrogen-bond donors (Lipinski definition) is 2. The molecule has 0 saturated heterocycles.